The molecule has 0 aliphatic heterocycles. The molecule has 230 valence electrons. The van der Waals surface area contributed by atoms with E-state index < -0.39 is 0 Å². The second-order valence-electron chi connectivity index (χ2n) is 10.5. The molecule has 0 saturated carbocycles. The second-order valence-corrected chi connectivity index (χ2v) is 11.3. The molecule has 4 aromatic carbocycles. The van der Waals surface area contributed by atoms with E-state index in [4.69, 9.17) is 23.2 Å². The van der Waals surface area contributed by atoms with Crippen LogP contribution in [-0.4, -0.2) is 59.9 Å². The topological polar surface area (TPSA) is 127 Å². The summed E-state index contributed by atoms with van der Waals surface area (Å²) < 4.78 is 0. The van der Waals surface area contributed by atoms with Crippen LogP contribution >= 0.6 is 35.6 Å². The van der Waals surface area contributed by atoms with Crippen molar-refractivity contribution in [3.63, 3.8) is 0 Å². The van der Waals surface area contributed by atoms with Crippen molar-refractivity contribution in [2.24, 2.45) is 0 Å². The lowest BCUT2D eigenvalue weighted by molar-refractivity contribution is 0.0950. The molecular weight excluding hydrogens is 637 g/mol. The van der Waals surface area contributed by atoms with Gasteiger partial charge in [-0.2, -0.15) is 0 Å². The van der Waals surface area contributed by atoms with Crippen molar-refractivity contribution in [3.05, 3.63) is 114 Å². The van der Waals surface area contributed by atoms with E-state index in [1.165, 1.54) is 0 Å². The van der Waals surface area contributed by atoms with Gasteiger partial charge in [0.25, 0.3) is 11.8 Å². The zero-order valence-corrected chi connectivity index (χ0v) is 26.3. The van der Waals surface area contributed by atoms with E-state index >= 15 is 0 Å². The summed E-state index contributed by atoms with van der Waals surface area (Å²) in [5, 5.41) is 7.90. The van der Waals surface area contributed by atoms with Gasteiger partial charge < -0.3 is 25.5 Å². The van der Waals surface area contributed by atoms with Crippen LogP contribution in [0.4, 0.5) is 0 Å². The molecular formula is C33H28Cl3N5O4. The smallest absolute Gasteiger partial charge is 0.253 e. The van der Waals surface area contributed by atoms with Crippen molar-refractivity contribution in [3.8, 4) is 0 Å². The number of aromatic nitrogens is 2. The van der Waals surface area contributed by atoms with Crippen molar-refractivity contribution in [1.29, 1.82) is 0 Å². The number of amides is 2. The van der Waals surface area contributed by atoms with Gasteiger partial charge in [0.1, 0.15) is 0 Å². The molecule has 0 atom stereocenters. The number of halogens is 3. The number of hydrogen-bond acceptors (Lipinski definition) is 5. The van der Waals surface area contributed by atoms with Crippen molar-refractivity contribution in [2.45, 2.75) is 0 Å². The van der Waals surface area contributed by atoms with E-state index in [9.17, 15) is 19.2 Å². The van der Waals surface area contributed by atoms with E-state index in [-0.39, 0.29) is 55.9 Å². The molecule has 2 amide bonds. The van der Waals surface area contributed by atoms with Crippen LogP contribution in [-0.2, 0) is 0 Å². The SMILES string of the molecule is CN(CCNC(=O)c1ccc(Cl)c2c(=O)c3ccccc3[nH]c12)CCNC(=O)c1ccc(Cl)c2c(=O)c3ccccc3[nH]c12.Cl. The van der Waals surface area contributed by atoms with Crippen molar-refractivity contribution in [1.82, 2.24) is 25.5 Å². The second kappa shape index (κ2) is 13.3. The fourth-order valence-corrected chi connectivity index (χ4v) is 5.86. The molecule has 6 aromatic rings. The first-order valence-corrected chi connectivity index (χ1v) is 14.7. The number of fused-ring (bicyclic) bond motifs is 4. The highest BCUT2D eigenvalue weighted by Gasteiger charge is 2.18. The first-order chi connectivity index (χ1) is 21.2. The van der Waals surface area contributed by atoms with Gasteiger partial charge >= 0.3 is 0 Å². The number of H-pyrrole nitrogens is 2. The molecule has 0 radical (unpaired) electrons. The third-order valence-corrected chi connectivity index (χ3v) is 8.30. The monoisotopic (exact) mass is 663 g/mol. The largest absolute Gasteiger partial charge is 0.354 e. The minimum Gasteiger partial charge on any atom is -0.354 e. The van der Waals surface area contributed by atoms with Crippen LogP contribution in [0.5, 0.6) is 0 Å². The summed E-state index contributed by atoms with van der Waals surface area (Å²) in [6, 6.07) is 20.5. The summed E-state index contributed by atoms with van der Waals surface area (Å²) in [6.45, 7) is 1.69. The lowest BCUT2D eigenvalue weighted by Gasteiger charge is -2.18. The number of likely N-dealkylation sites (N-methyl/N-ethyl adjacent to an activating group) is 1. The number of carbonyl (C=O) groups excluding carboxylic acids is 2. The van der Waals surface area contributed by atoms with E-state index in [0.717, 1.165) is 0 Å². The van der Waals surface area contributed by atoms with Crippen LogP contribution in [0.3, 0.4) is 0 Å². The summed E-state index contributed by atoms with van der Waals surface area (Å²) in [5.74, 6) is -0.675. The van der Waals surface area contributed by atoms with Crippen molar-refractivity contribution >= 4 is 91.0 Å². The normalized spacial score (nSPS) is 11.3. The molecule has 2 heterocycles. The van der Waals surface area contributed by atoms with Gasteiger partial charge in [0, 0.05) is 48.0 Å². The Morgan fingerprint density at radius 2 is 1.07 bits per heavy atom. The highest BCUT2D eigenvalue weighted by Crippen LogP contribution is 2.26. The molecule has 2 aromatic heterocycles. The van der Waals surface area contributed by atoms with Crippen LogP contribution in [0.2, 0.25) is 10.0 Å². The molecule has 0 unspecified atom stereocenters. The molecule has 0 saturated heterocycles. The molecule has 0 spiro atoms. The quantitative estimate of drug-likeness (QED) is 0.160. The van der Waals surface area contributed by atoms with Gasteiger partial charge in [-0.25, -0.2) is 0 Å². The number of aromatic amines is 2. The van der Waals surface area contributed by atoms with Crippen LogP contribution in [0.1, 0.15) is 20.7 Å². The minimum absolute atomic E-state index is 0. The Labute approximate surface area is 272 Å². The number of hydrogen-bond donors (Lipinski definition) is 4. The average molecular weight is 665 g/mol. The Morgan fingerprint density at radius 3 is 1.49 bits per heavy atom. The molecule has 0 fully saturated rings. The Morgan fingerprint density at radius 1 is 0.667 bits per heavy atom. The van der Waals surface area contributed by atoms with Gasteiger partial charge in [-0.15, -0.1) is 12.4 Å². The maximum absolute atomic E-state index is 13.1. The van der Waals surface area contributed by atoms with Gasteiger partial charge in [0.2, 0.25) is 0 Å². The zero-order valence-electron chi connectivity index (χ0n) is 24.0. The molecule has 9 nitrogen and oxygen atoms in total. The summed E-state index contributed by atoms with van der Waals surface area (Å²) in [4.78, 5) is 60.7. The van der Waals surface area contributed by atoms with Crippen LogP contribution < -0.4 is 21.5 Å². The Kier molecular flexibility index (Phi) is 9.45. The maximum atomic E-state index is 13.1. The molecule has 0 bridgehead atoms. The fourth-order valence-electron chi connectivity index (χ4n) is 5.38. The Balaban J connectivity index is 0.00000400. The van der Waals surface area contributed by atoms with Gasteiger partial charge in [0.15, 0.2) is 10.9 Å². The maximum Gasteiger partial charge on any atom is 0.253 e. The van der Waals surface area contributed by atoms with Crippen LogP contribution in [0, 0.1) is 0 Å². The zero-order chi connectivity index (χ0) is 31.0. The van der Waals surface area contributed by atoms with E-state index in [2.05, 4.69) is 20.6 Å². The molecule has 45 heavy (non-hydrogen) atoms. The Bertz CT molecular complexity index is 2070. The highest BCUT2D eigenvalue weighted by atomic mass is 35.5. The van der Waals surface area contributed by atoms with Crippen molar-refractivity contribution < 1.29 is 9.59 Å². The molecule has 6 rings (SSSR count). The van der Waals surface area contributed by atoms with E-state index in [1.807, 2.05) is 24.1 Å². The summed E-state index contributed by atoms with van der Waals surface area (Å²) in [6.07, 6.45) is 0. The van der Waals surface area contributed by atoms with E-state index in [0.29, 0.717) is 70.1 Å². The number of nitrogens with zero attached hydrogens (tertiary/aromatic N) is 1. The number of rotatable bonds is 8. The van der Waals surface area contributed by atoms with Crippen LogP contribution in [0.25, 0.3) is 43.6 Å². The van der Waals surface area contributed by atoms with Crippen LogP contribution in [0.15, 0.2) is 82.4 Å². The first-order valence-electron chi connectivity index (χ1n) is 14.0. The standard InChI is InChI=1S/C33H27Cl2N5O4.ClH/c1-40(16-14-36-32(43)20-10-12-22(34)26-28(20)38-24-8-4-2-6-18(24)30(26)41)17-15-37-33(44)21-11-13-23(35)27-29(21)39-25-9-5-3-7-19(25)31(27)42;/h2-13H,14-17H2,1H3,(H,36,43)(H,37,44)(H,38,41)(H,39,42);1H. The molecule has 12 heteroatoms. The molecule has 0 aliphatic rings. The predicted molar refractivity (Wildman–Crippen MR) is 184 cm³/mol. The van der Waals surface area contributed by atoms with Gasteiger partial charge in [-0.3, -0.25) is 19.2 Å². The molecule has 0 aliphatic carbocycles. The van der Waals surface area contributed by atoms with Crippen molar-refractivity contribution in [2.75, 3.05) is 33.2 Å². The Hall–Kier alpha value is -4.41. The highest BCUT2D eigenvalue weighted by molar-refractivity contribution is 6.36. The third kappa shape index (κ3) is 6.12. The van der Waals surface area contributed by atoms with Gasteiger partial charge in [-0.1, -0.05) is 47.5 Å². The number of nitrogens with one attached hydrogen (secondary N) is 4. The lowest BCUT2D eigenvalue weighted by Crippen LogP contribution is -2.37. The van der Waals surface area contributed by atoms with Gasteiger partial charge in [-0.05, 0) is 55.6 Å². The minimum atomic E-state index is -0.338. The third-order valence-electron chi connectivity index (χ3n) is 7.67. The lowest BCUT2D eigenvalue weighted by atomic mass is 10.1. The van der Waals surface area contributed by atoms with Gasteiger partial charge in [0.05, 0.1) is 43.0 Å². The summed E-state index contributed by atoms with van der Waals surface area (Å²) in [5.41, 5.74) is 2.19. The average Bonchev–Trinajstić information content (AvgIpc) is 3.01. The summed E-state index contributed by atoms with van der Waals surface area (Å²) >= 11 is 12.7. The fraction of sp³-hybridized carbons (Fsp3) is 0.152. The number of pyridine rings is 2. The van der Waals surface area contributed by atoms with E-state index in [1.54, 1.807) is 60.7 Å². The number of benzene rings is 4. The molecule has 4 N–H and O–H groups in total. The number of carbonyl (C=O) groups is 2. The first kappa shape index (κ1) is 32.0. The summed E-state index contributed by atoms with van der Waals surface area (Å²) in [7, 11) is 1.88. The number of para-hydroxylation sites is 2. The predicted octanol–water partition coefficient (Wildman–Crippen LogP) is 5.50.